The maximum absolute atomic E-state index is 11.3. The average molecular weight is 293 g/mol. The van der Waals surface area contributed by atoms with Crippen molar-refractivity contribution in [3.63, 3.8) is 0 Å². The van der Waals surface area contributed by atoms with Crippen molar-refractivity contribution in [1.82, 2.24) is 9.88 Å². The highest BCUT2D eigenvalue weighted by atomic mass is 35.5. The third kappa shape index (κ3) is 2.52. The van der Waals surface area contributed by atoms with E-state index in [0.29, 0.717) is 16.1 Å². The first-order chi connectivity index (χ1) is 9.63. The summed E-state index contributed by atoms with van der Waals surface area (Å²) in [5.41, 5.74) is 7.54. The van der Waals surface area contributed by atoms with E-state index >= 15 is 0 Å². The van der Waals surface area contributed by atoms with Gasteiger partial charge in [-0.1, -0.05) is 31.5 Å². The number of aromatic nitrogens is 1. The highest BCUT2D eigenvalue weighted by Gasteiger charge is 2.23. The summed E-state index contributed by atoms with van der Waals surface area (Å²) in [6.45, 7) is 5.52. The molecule has 0 radical (unpaired) electrons. The Morgan fingerprint density at radius 1 is 1.45 bits per heavy atom. The van der Waals surface area contributed by atoms with Gasteiger partial charge in [-0.2, -0.15) is 0 Å². The molecule has 1 aromatic heterocycles. The standard InChI is InChI=1S/C14H17ClN4O/c1-3-19(4-2)14(16)11-10(15)8-9-6-5-7-17-12(9)13(11)18-20/h5-8,14H,3-4,16H2,1-2H3. The number of rotatable bonds is 5. The van der Waals surface area contributed by atoms with E-state index in [1.807, 2.05) is 24.8 Å². The van der Waals surface area contributed by atoms with Crippen LogP contribution in [0.5, 0.6) is 0 Å². The van der Waals surface area contributed by atoms with Crippen LogP contribution in [-0.4, -0.2) is 23.0 Å². The van der Waals surface area contributed by atoms with Gasteiger partial charge in [0.1, 0.15) is 5.69 Å². The van der Waals surface area contributed by atoms with Crippen molar-refractivity contribution >= 4 is 28.2 Å². The van der Waals surface area contributed by atoms with E-state index in [1.54, 1.807) is 18.3 Å². The number of nitrogens with two attached hydrogens (primary N) is 1. The lowest BCUT2D eigenvalue weighted by molar-refractivity contribution is 0.224. The third-order valence-corrected chi connectivity index (χ3v) is 3.76. The first-order valence-electron chi connectivity index (χ1n) is 6.54. The summed E-state index contributed by atoms with van der Waals surface area (Å²) in [5.74, 6) is 0. The minimum atomic E-state index is -0.475. The van der Waals surface area contributed by atoms with Gasteiger partial charge in [-0.05, 0) is 30.4 Å². The van der Waals surface area contributed by atoms with E-state index in [0.717, 1.165) is 18.5 Å². The number of hydrogen-bond donors (Lipinski definition) is 1. The molecule has 106 valence electrons. The van der Waals surface area contributed by atoms with Crippen LogP contribution in [0.4, 0.5) is 5.69 Å². The summed E-state index contributed by atoms with van der Waals surface area (Å²) in [7, 11) is 0. The Morgan fingerprint density at radius 2 is 2.15 bits per heavy atom. The second-order valence-corrected chi connectivity index (χ2v) is 4.86. The van der Waals surface area contributed by atoms with Gasteiger partial charge in [-0.25, -0.2) is 0 Å². The maximum Gasteiger partial charge on any atom is 0.141 e. The molecule has 0 aliphatic carbocycles. The molecular formula is C14H17ClN4O. The molecule has 20 heavy (non-hydrogen) atoms. The van der Waals surface area contributed by atoms with Gasteiger partial charge in [0, 0.05) is 22.2 Å². The SMILES string of the molecule is CCN(CC)C(N)c1c(Cl)cc2cccnc2c1N=O. The topological polar surface area (TPSA) is 71.6 Å². The number of benzene rings is 1. The van der Waals surface area contributed by atoms with Gasteiger partial charge >= 0.3 is 0 Å². The fraction of sp³-hybridized carbons (Fsp3) is 0.357. The molecule has 0 spiro atoms. The van der Waals surface area contributed by atoms with Gasteiger partial charge in [0.2, 0.25) is 0 Å². The van der Waals surface area contributed by atoms with Crippen LogP contribution in [0.25, 0.3) is 10.9 Å². The predicted molar refractivity (Wildman–Crippen MR) is 82.1 cm³/mol. The molecule has 0 saturated carbocycles. The van der Waals surface area contributed by atoms with Crippen LogP contribution in [0, 0.1) is 4.91 Å². The molecule has 1 atom stereocenters. The Kier molecular flexibility index (Phi) is 4.65. The normalized spacial score (nSPS) is 12.8. The maximum atomic E-state index is 11.3. The molecular weight excluding hydrogens is 276 g/mol. The lowest BCUT2D eigenvalue weighted by Crippen LogP contribution is -2.34. The van der Waals surface area contributed by atoms with Gasteiger partial charge in [0.05, 0.1) is 11.7 Å². The number of hydrogen-bond acceptors (Lipinski definition) is 5. The molecule has 6 heteroatoms. The monoisotopic (exact) mass is 292 g/mol. The first-order valence-corrected chi connectivity index (χ1v) is 6.91. The summed E-state index contributed by atoms with van der Waals surface area (Å²) in [4.78, 5) is 17.5. The fourth-order valence-corrected chi connectivity index (χ4v) is 2.68. The number of fused-ring (bicyclic) bond motifs is 1. The first kappa shape index (κ1) is 14.8. The van der Waals surface area contributed by atoms with Crippen LogP contribution in [-0.2, 0) is 0 Å². The zero-order chi connectivity index (χ0) is 14.7. The van der Waals surface area contributed by atoms with Crippen LogP contribution in [0.2, 0.25) is 5.02 Å². The summed E-state index contributed by atoms with van der Waals surface area (Å²) in [6, 6.07) is 5.41. The zero-order valence-corrected chi connectivity index (χ0v) is 12.3. The van der Waals surface area contributed by atoms with Crippen molar-refractivity contribution in [2.45, 2.75) is 20.0 Å². The predicted octanol–water partition coefficient (Wildman–Crippen LogP) is 3.59. The van der Waals surface area contributed by atoms with Crippen LogP contribution < -0.4 is 5.73 Å². The van der Waals surface area contributed by atoms with E-state index in [1.165, 1.54) is 0 Å². The second-order valence-electron chi connectivity index (χ2n) is 4.45. The van der Waals surface area contributed by atoms with Crippen LogP contribution in [0.15, 0.2) is 29.6 Å². The lowest BCUT2D eigenvalue weighted by atomic mass is 10.1. The van der Waals surface area contributed by atoms with Gasteiger partial charge < -0.3 is 5.73 Å². The molecule has 2 N–H and O–H groups in total. The number of halogens is 1. The quantitative estimate of drug-likeness (QED) is 0.675. The molecule has 0 fully saturated rings. The van der Waals surface area contributed by atoms with E-state index in [9.17, 15) is 4.91 Å². The van der Waals surface area contributed by atoms with Crippen molar-refractivity contribution in [3.8, 4) is 0 Å². The van der Waals surface area contributed by atoms with Gasteiger partial charge in [-0.15, -0.1) is 4.91 Å². The second kappa shape index (κ2) is 6.26. The fourth-order valence-electron chi connectivity index (χ4n) is 2.36. The van der Waals surface area contributed by atoms with Crippen LogP contribution in [0.1, 0.15) is 25.6 Å². The van der Waals surface area contributed by atoms with Gasteiger partial charge in [0.15, 0.2) is 0 Å². The smallest absolute Gasteiger partial charge is 0.141 e. The minimum Gasteiger partial charge on any atom is -0.312 e. The highest BCUT2D eigenvalue weighted by molar-refractivity contribution is 6.32. The summed E-state index contributed by atoms with van der Waals surface area (Å²) in [5, 5.41) is 4.35. The Labute approximate surface area is 122 Å². The summed E-state index contributed by atoms with van der Waals surface area (Å²) in [6.07, 6.45) is 1.15. The zero-order valence-electron chi connectivity index (χ0n) is 11.5. The van der Waals surface area contributed by atoms with Crippen molar-refractivity contribution in [1.29, 1.82) is 0 Å². The Balaban J connectivity index is 2.68. The van der Waals surface area contributed by atoms with Crippen molar-refractivity contribution in [2.75, 3.05) is 13.1 Å². The van der Waals surface area contributed by atoms with E-state index in [2.05, 4.69) is 10.2 Å². The minimum absolute atomic E-state index is 0.229. The summed E-state index contributed by atoms with van der Waals surface area (Å²) >= 11 is 6.31. The summed E-state index contributed by atoms with van der Waals surface area (Å²) < 4.78 is 0. The van der Waals surface area contributed by atoms with E-state index in [-0.39, 0.29) is 5.69 Å². The number of nitrogens with zero attached hydrogens (tertiary/aromatic N) is 3. The van der Waals surface area contributed by atoms with Crippen molar-refractivity contribution in [3.05, 3.63) is 39.9 Å². The van der Waals surface area contributed by atoms with Crippen LogP contribution >= 0.6 is 11.6 Å². The molecule has 5 nitrogen and oxygen atoms in total. The van der Waals surface area contributed by atoms with Crippen molar-refractivity contribution < 1.29 is 0 Å². The number of pyridine rings is 1. The Morgan fingerprint density at radius 3 is 2.75 bits per heavy atom. The average Bonchev–Trinajstić information content (AvgIpc) is 2.46. The molecule has 1 aromatic carbocycles. The molecule has 2 aromatic rings. The molecule has 0 amide bonds. The van der Waals surface area contributed by atoms with Gasteiger partial charge in [-0.3, -0.25) is 9.88 Å². The molecule has 2 rings (SSSR count). The molecule has 1 unspecified atom stereocenters. The highest BCUT2D eigenvalue weighted by Crippen LogP contribution is 2.38. The van der Waals surface area contributed by atoms with Crippen molar-refractivity contribution in [2.24, 2.45) is 10.9 Å². The van der Waals surface area contributed by atoms with Crippen LogP contribution in [0.3, 0.4) is 0 Å². The molecule has 0 aliphatic heterocycles. The van der Waals surface area contributed by atoms with E-state index in [4.69, 9.17) is 17.3 Å². The lowest BCUT2D eigenvalue weighted by Gasteiger charge is -2.27. The number of nitroso groups, excluding NO2 is 1. The molecule has 0 bridgehead atoms. The Bertz CT molecular complexity index is 628. The molecule has 0 saturated heterocycles. The Hall–Kier alpha value is -1.56. The third-order valence-electron chi connectivity index (χ3n) is 3.45. The van der Waals surface area contributed by atoms with E-state index < -0.39 is 6.17 Å². The van der Waals surface area contributed by atoms with Gasteiger partial charge in [0.25, 0.3) is 0 Å². The largest absolute Gasteiger partial charge is 0.312 e. The molecule has 0 aliphatic rings. The molecule has 1 heterocycles.